The molecule has 4 unspecified atom stereocenters. The molecule has 4 atom stereocenters. The molecule has 0 aliphatic heterocycles. The maximum atomic E-state index is 12.6. The van der Waals surface area contributed by atoms with E-state index in [4.69, 9.17) is 15.9 Å². The summed E-state index contributed by atoms with van der Waals surface area (Å²) < 4.78 is 0. The zero-order valence-electron chi connectivity index (χ0n) is 15.6. The molecule has 0 radical (unpaired) electrons. The van der Waals surface area contributed by atoms with E-state index in [1.54, 1.807) is 20.8 Å². The van der Waals surface area contributed by atoms with Crippen molar-refractivity contribution in [3.05, 3.63) is 0 Å². The Hall–Kier alpha value is -2.20. The number of aliphatic hydroxyl groups excluding tert-OH is 1. The van der Waals surface area contributed by atoms with Gasteiger partial charge in [0.1, 0.15) is 18.1 Å². The first-order chi connectivity index (χ1) is 12.1. The van der Waals surface area contributed by atoms with Crippen molar-refractivity contribution >= 4 is 23.7 Å². The highest BCUT2D eigenvalue weighted by Gasteiger charge is 2.32. The molecule has 0 heterocycles. The molecule has 0 aromatic rings. The molecule has 10 heteroatoms. The third-order valence-corrected chi connectivity index (χ3v) is 4.04. The molecule has 7 N–H and O–H groups in total. The van der Waals surface area contributed by atoms with E-state index in [9.17, 15) is 19.2 Å². The van der Waals surface area contributed by atoms with E-state index in [1.165, 1.54) is 0 Å². The first-order valence-electron chi connectivity index (χ1n) is 8.52. The lowest BCUT2D eigenvalue weighted by Crippen LogP contribution is -2.59. The van der Waals surface area contributed by atoms with Gasteiger partial charge in [0.2, 0.25) is 17.7 Å². The minimum atomic E-state index is -1.47. The van der Waals surface area contributed by atoms with Gasteiger partial charge in [-0.2, -0.15) is 0 Å². The maximum absolute atomic E-state index is 12.6. The van der Waals surface area contributed by atoms with Crippen LogP contribution in [0.2, 0.25) is 0 Å². The Morgan fingerprint density at radius 3 is 1.88 bits per heavy atom. The van der Waals surface area contributed by atoms with E-state index in [2.05, 4.69) is 16.0 Å². The summed E-state index contributed by atoms with van der Waals surface area (Å²) in [5.41, 5.74) is 5.27. The highest BCUT2D eigenvalue weighted by atomic mass is 16.4. The molecule has 0 rings (SSSR count). The average Bonchev–Trinajstić information content (AvgIpc) is 2.59. The molecule has 3 amide bonds. The fourth-order valence-corrected chi connectivity index (χ4v) is 2.16. The number of nitrogens with two attached hydrogens (primary N) is 1. The quantitative estimate of drug-likeness (QED) is 0.247. The van der Waals surface area contributed by atoms with Crippen molar-refractivity contribution in [1.82, 2.24) is 16.0 Å². The molecule has 0 spiro atoms. The van der Waals surface area contributed by atoms with Crippen LogP contribution < -0.4 is 21.7 Å². The number of carbonyl (C=O) groups is 4. The Bertz CT molecular complexity index is 511. The number of hydrogen-bond donors (Lipinski definition) is 6. The van der Waals surface area contributed by atoms with Crippen molar-refractivity contribution in [2.24, 2.45) is 17.6 Å². The zero-order valence-corrected chi connectivity index (χ0v) is 15.6. The van der Waals surface area contributed by atoms with E-state index in [0.29, 0.717) is 6.42 Å². The van der Waals surface area contributed by atoms with Crippen molar-refractivity contribution in [2.45, 2.75) is 52.2 Å². The van der Waals surface area contributed by atoms with Crippen LogP contribution in [0, 0.1) is 11.8 Å². The van der Waals surface area contributed by atoms with Crippen LogP contribution in [-0.2, 0) is 19.2 Å². The van der Waals surface area contributed by atoms with Gasteiger partial charge in [-0.15, -0.1) is 0 Å². The maximum Gasteiger partial charge on any atom is 0.328 e. The third-order valence-electron chi connectivity index (χ3n) is 4.04. The number of aliphatic hydroxyl groups is 1. The third kappa shape index (κ3) is 7.36. The zero-order chi connectivity index (χ0) is 20.4. The standard InChI is InChI=1S/C16H30N4O6/c1-5-9(4)13(19-11(22)6-17)15(24)20-12(8(2)3)14(23)18-10(7-21)16(25)26/h8-10,12-13,21H,5-7,17H2,1-4H3,(H,18,23)(H,19,22)(H,20,24)(H,25,26). The van der Waals surface area contributed by atoms with Gasteiger partial charge in [0, 0.05) is 0 Å². The molecule has 0 bridgehead atoms. The molecule has 0 aliphatic rings. The summed E-state index contributed by atoms with van der Waals surface area (Å²) in [5.74, 6) is -3.74. The highest BCUT2D eigenvalue weighted by molar-refractivity contribution is 5.93. The summed E-state index contributed by atoms with van der Waals surface area (Å²) in [7, 11) is 0. The van der Waals surface area contributed by atoms with Crippen molar-refractivity contribution in [3.8, 4) is 0 Å². The SMILES string of the molecule is CCC(C)C(NC(=O)CN)C(=O)NC(C(=O)NC(CO)C(=O)O)C(C)C. The smallest absolute Gasteiger partial charge is 0.328 e. The van der Waals surface area contributed by atoms with Crippen molar-refractivity contribution in [2.75, 3.05) is 13.2 Å². The van der Waals surface area contributed by atoms with Gasteiger partial charge in [-0.25, -0.2) is 4.79 Å². The van der Waals surface area contributed by atoms with Gasteiger partial charge in [-0.05, 0) is 11.8 Å². The van der Waals surface area contributed by atoms with Crippen LogP contribution in [0.1, 0.15) is 34.1 Å². The second-order valence-corrected chi connectivity index (χ2v) is 6.45. The number of amides is 3. The molecule has 0 fully saturated rings. The Morgan fingerprint density at radius 1 is 0.962 bits per heavy atom. The van der Waals surface area contributed by atoms with Gasteiger partial charge < -0.3 is 31.9 Å². The number of hydrogen-bond acceptors (Lipinski definition) is 6. The number of carbonyl (C=O) groups excluding carboxylic acids is 3. The minimum Gasteiger partial charge on any atom is -0.480 e. The molecule has 26 heavy (non-hydrogen) atoms. The van der Waals surface area contributed by atoms with Crippen LogP contribution >= 0.6 is 0 Å². The molecule has 150 valence electrons. The average molecular weight is 374 g/mol. The summed E-state index contributed by atoms with van der Waals surface area (Å²) in [5, 5.41) is 25.2. The van der Waals surface area contributed by atoms with Gasteiger partial charge in [-0.1, -0.05) is 34.1 Å². The molecule has 0 aliphatic carbocycles. The Labute approximate surface area is 152 Å². The number of carboxylic acid groups (broad SMARTS) is 1. The minimum absolute atomic E-state index is 0.203. The van der Waals surface area contributed by atoms with Gasteiger partial charge in [0.15, 0.2) is 0 Å². The second kappa shape index (κ2) is 11.4. The lowest BCUT2D eigenvalue weighted by molar-refractivity contribution is -0.143. The van der Waals surface area contributed by atoms with Gasteiger partial charge in [0.25, 0.3) is 0 Å². The fraction of sp³-hybridized carbons (Fsp3) is 0.750. The molecule has 0 saturated carbocycles. The molecule has 0 aromatic carbocycles. The van der Waals surface area contributed by atoms with Crippen molar-refractivity contribution in [3.63, 3.8) is 0 Å². The molecule has 0 saturated heterocycles. The summed E-state index contributed by atoms with van der Waals surface area (Å²) in [6.07, 6.45) is 0.604. The monoisotopic (exact) mass is 374 g/mol. The van der Waals surface area contributed by atoms with E-state index in [-0.39, 0.29) is 18.4 Å². The van der Waals surface area contributed by atoms with Gasteiger partial charge >= 0.3 is 5.97 Å². The lowest BCUT2D eigenvalue weighted by Gasteiger charge is -2.28. The van der Waals surface area contributed by atoms with Crippen LogP contribution in [0.25, 0.3) is 0 Å². The topological polar surface area (TPSA) is 171 Å². The molecule has 10 nitrogen and oxygen atoms in total. The Morgan fingerprint density at radius 2 is 1.50 bits per heavy atom. The Balaban J connectivity index is 5.25. The van der Waals surface area contributed by atoms with Crippen LogP contribution in [-0.4, -0.2) is 65.2 Å². The summed E-state index contributed by atoms with van der Waals surface area (Å²) in [6.45, 7) is 5.93. The normalized spacial score (nSPS) is 15.5. The molecular weight excluding hydrogens is 344 g/mol. The van der Waals surface area contributed by atoms with Crippen LogP contribution in [0.5, 0.6) is 0 Å². The first kappa shape index (κ1) is 23.8. The Kier molecular flexibility index (Phi) is 10.5. The van der Waals surface area contributed by atoms with E-state index in [1.807, 2.05) is 6.92 Å². The number of aliphatic carboxylic acids is 1. The van der Waals surface area contributed by atoms with Gasteiger partial charge in [-0.3, -0.25) is 14.4 Å². The van der Waals surface area contributed by atoms with Gasteiger partial charge in [0.05, 0.1) is 13.2 Å². The van der Waals surface area contributed by atoms with E-state index < -0.39 is 48.4 Å². The van der Waals surface area contributed by atoms with Crippen molar-refractivity contribution in [1.29, 1.82) is 0 Å². The molecule has 0 aromatic heterocycles. The van der Waals surface area contributed by atoms with Crippen molar-refractivity contribution < 1.29 is 29.4 Å². The number of rotatable bonds is 11. The predicted octanol–water partition coefficient (Wildman–Crippen LogP) is -1.82. The number of carboxylic acids is 1. The molecular formula is C16H30N4O6. The fourth-order valence-electron chi connectivity index (χ4n) is 2.16. The van der Waals surface area contributed by atoms with E-state index >= 15 is 0 Å². The summed E-state index contributed by atoms with van der Waals surface area (Å²) >= 11 is 0. The lowest BCUT2D eigenvalue weighted by atomic mass is 9.96. The summed E-state index contributed by atoms with van der Waals surface area (Å²) in [6, 6.07) is -3.38. The number of nitrogens with one attached hydrogen (secondary N) is 3. The van der Waals surface area contributed by atoms with Crippen LogP contribution in [0.15, 0.2) is 0 Å². The van der Waals surface area contributed by atoms with E-state index in [0.717, 1.165) is 0 Å². The highest BCUT2D eigenvalue weighted by Crippen LogP contribution is 2.10. The predicted molar refractivity (Wildman–Crippen MR) is 93.9 cm³/mol. The largest absolute Gasteiger partial charge is 0.480 e. The first-order valence-corrected chi connectivity index (χ1v) is 8.52. The van der Waals surface area contributed by atoms with Crippen LogP contribution in [0.4, 0.5) is 0 Å². The second-order valence-electron chi connectivity index (χ2n) is 6.45. The summed E-state index contributed by atoms with van der Waals surface area (Å²) in [4.78, 5) is 47.4. The van der Waals surface area contributed by atoms with Crippen LogP contribution in [0.3, 0.4) is 0 Å².